The molecule has 4 aromatic rings. The van der Waals surface area contributed by atoms with Gasteiger partial charge in [0.05, 0.1) is 21.6 Å². The van der Waals surface area contributed by atoms with Gasteiger partial charge in [-0.25, -0.2) is 9.37 Å². The summed E-state index contributed by atoms with van der Waals surface area (Å²) < 4.78 is 21.8. The Kier molecular flexibility index (Phi) is 8.52. The Morgan fingerprint density at radius 2 is 1.92 bits per heavy atom. The molecule has 1 N–H and O–H groups in total. The minimum atomic E-state index is -0.436. The molecule has 7 nitrogen and oxygen atoms in total. The number of nitrogens with zero attached hydrogens (tertiary/aromatic N) is 3. The number of amides is 1. The molecule has 0 aliphatic heterocycles. The summed E-state index contributed by atoms with van der Waals surface area (Å²) in [5.41, 5.74) is 1.55. The fraction of sp³-hybridized carbons (Fsp3) is 0.241. The molecule has 1 fully saturated rings. The number of nitrogens with one attached hydrogen (secondary N) is 1. The first kappa shape index (κ1) is 27.2. The van der Waals surface area contributed by atoms with E-state index in [1.807, 2.05) is 12.1 Å². The van der Waals surface area contributed by atoms with Gasteiger partial charge < -0.3 is 10.1 Å². The number of fused-ring (bicyclic) bond motifs is 1. The molecule has 10 heteroatoms. The van der Waals surface area contributed by atoms with Crippen molar-refractivity contribution in [2.45, 2.75) is 38.0 Å². The van der Waals surface area contributed by atoms with Crippen molar-refractivity contribution in [3.63, 3.8) is 0 Å². The number of hydrogen-bond acceptors (Lipinski definition) is 5. The summed E-state index contributed by atoms with van der Waals surface area (Å²) >= 11 is 6.92. The molecule has 200 valence electrons. The van der Waals surface area contributed by atoms with Crippen LogP contribution in [0.25, 0.3) is 10.9 Å². The highest BCUT2D eigenvalue weighted by atomic mass is 79.9. The van der Waals surface area contributed by atoms with E-state index in [-0.39, 0.29) is 18.1 Å². The van der Waals surface area contributed by atoms with E-state index in [1.54, 1.807) is 36.5 Å². The summed E-state index contributed by atoms with van der Waals surface area (Å²) in [5.74, 6) is 0.475. The highest BCUT2D eigenvalue weighted by Gasteiger charge is 2.22. The molecule has 1 aromatic heterocycles. The lowest BCUT2D eigenvalue weighted by Gasteiger charge is -2.22. The molecular weight excluding hydrogens is 631 g/mol. The van der Waals surface area contributed by atoms with Crippen molar-refractivity contribution < 1.29 is 13.9 Å². The van der Waals surface area contributed by atoms with Crippen LogP contribution in [0.5, 0.6) is 5.75 Å². The number of ether oxygens (including phenoxy) is 1. The standard InChI is InChI=1S/C29H25Br2FN4O3/c30-20-10-11-25-23(14-20)29(38)36(28(35-25)19-5-2-1-3-6-19)33-16-18-9-12-26(24(31)13-18)39-17-27(37)34-22-8-4-7-21(32)15-22/h4,7-16,19H,1-3,5-6,17H2,(H,34,37). The van der Waals surface area contributed by atoms with Crippen LogP contribution in [0.2, 0.25) is 0 Å². The van der Waals surface area contributed by atoms with Gasteiger partial charge in [-0.3, -0.25) is 9.59 Å². The lowest BCUT2D eigenvalue weighted by Crippen LogP contribution is -2.25. The molecule has 1 aliphatic carbocycles. The second-order valence-electron chi connectivity index (χ2n) is 9.36. The van der Waals surface area contributed by atoms with Crippen LogP contribution in [0.15, 0.2) is 79.5 Å². The SMILES string of the molecule is O=C(COc1ccc(C=Nn2c(C3CCCCC3)nc3ccc(Br)cc3c2=O)cc1Br)Nc1cccc(F)c1. The number of anilines is 1. The molecule has 1 heterocycles. The summed E-state index contributed by atoms with van der Waals surface area (Å²) in [4.78, 5) is 30.6. The van der Waals surface area contributed by atoms with Crippen LogP contribution in [-0.4, -0.2) is 28.4 Å². The Morgan fingerprint density at radius 3 is 2.69 bits per heavy atom. The van der Waals surface area contributed by atoms with Gasteiger partial charge in [-0.2, -0.15) is 9.78 Å². The van der Waals surface area contributed by atoms with Gasteiger partial charge in [-0.1, -0.05) is 41.3 Å². The Morgan fingerprint density at radius 1 is 1.10 bits per heavy atom. The molecule has 0 saturated heterocycles. The van der Waals surface area contributed by atoms with Crippen LogP contribution >= 0.6 is 31.9 Å². The molecule has 0 spiro atoms. The van der Waals surface area contributed by atoms with Crippen LogP contribution in [0.4, 0.5) is 10.1 Å². The number of carbonyl (C=O) groups excluding carboxylic acids is 1. The van der Waals surface area contributed by atoms with E-state index in [2.05, 4.69) is 42.3 Å². The maximum Gasteiger partial charge on any atom is 0.282 e. The molecule has 0 unspecified atom stereocenters. The largest absolute Gasteiger partial charge is 0.483 e. The number of rotatable bonds is 7. The topological polar surface area (TPSA) is 85.6 Å². The maximum absolute atomic E-state index is 13.5. The highest BCUT2D eigenvalue weighted by molar-refractivity contribution is 9.10. The van der Waals surface area contributed by atoms with E-state index in [1.165, 1.54) is 29.3 Å². The van der Waals surface area contributed by atoms with Gasteiger partial charge in [0.1, 0.15) is 17.4 Å². The lowest BCUT2D eigenvalue weighted by atomic mass is 9.88. The number of aromatic nitrogens is 2. The maximum atomic E-state index is 13.5. The van der Waals surface area contributed by atoms with Crippen LogP contribution in [-0.2, 0) is 4.79 Å². The van der Waals surface area contributed by atoms with Crippen LogP contribution in [0, 0.1) is 5.82 Å². The fourth-order valence-electron chi connectivity index (χ4n) is 4.65. The quantitative estimate of drug-likeness (QED) is 0.217. The Bertz CT molecular complexity index is 1620. The van der Waals surface area contributed by atoms with Gasteiger partial charge >= 0.3 is 0 Å². The predicted octanol–water partition coefficient (Wildman–Crippen LogP) is 7.01. The number of carbonyl (C=O) groups is 1. The molecule has 0 radical (unpaired) electrons. The van der Waals surface area contributed by atoms with Gasteiger partial charge in [-0.05, 0) is 88.9 Å². The highest BCUT2D eigenvalue weighted by Crippen LogP contribution is 2.32. The molecule has 3 aromatic carbocycles. The van der Waals surface area contributed by atoms with Crippen molar-refractivity contribution in [1.82, 2.24) is 9.66 Å². The lowest BCUT2D eigenvalue weighted by molar-refractivity contribution is -0.118. The molecule has 1 aliphatic rings. The van der Waals surface area contributed by atoms with E-state index in [0.717, 1.165) is 35.7 Å². The number of hydrogen-bond donors (Lipinski definition) is 1. The van der Waals surface area contributed by atoms with E-state index in [9.17, 15) is 14.0 Å². The third kappa shape index (κ3) is 6.62. The van der Waals surface area contributed by atoms with Crippen molar-refractivity contribution in [3.05, 3.63) is 97.2 Å². The predicted molar refractivity (Wildman–Crippen MR) is 157 cm³/mol. The normalized spacial score (nSPS) is 14.1. The van der Waals surface area contributed by atoms with E-state index < -0.39 is 11.7 Å². The number of benzene rings is 3. The second kappa shape index (κ2) is 12.2. The summed E-state index contributed by atoms with van der Waals surface area (Å²) in [5, 5.41) is 7.67. The van der Waals surface area contributed by atoms with Gasteiger partial charge in [-0.15, -0.1) is 0 Å². The average Bonchev–Trinajstić information content (AvgIpc) is 2.93. The zero-order valence-corrected chi connectivity index (χ0v) is 24.0. The summed E-state index contributed by atoms with van der Waals surface area (Å²) in [6.45, 7) is -0.249. The van der Waals surface area contributed by atoms with Crippen molar-refractivity contribution in [2.24, 2.45) is 5.10 Å². The first-order valence-corrected chi connectivity index (χ1v) is 14.2. The third-order valence-corrected chi connectivity index (χ3v) is 7.66. The minimum absolute atomic E-state index is 0.178. The summed E-state index contributed by atoms with van der Waals surface area (Å²) in [6.07, 6.45) is 6.99. The summed E-state index contributed by atoms with van der Waals surface area (Å²) in [6, 6.07) is 16.4. The molecular formula is C29H25Br2FN4O3. The molecule has 5 rings (SSSR count). The minimum Gasteiger partial charge on any atom is -0.483 e. The molecule has 39 heavy (non-hydrogen) atoms. The van der Waals surface area contributed by atoms with Crippen molar-refractivity contribution in [3.8, 4) is 5.75 Å². The van der Waals surface area contributed by atoms with Crippen LogP contribution < -0.4 is 15.6 Å². The summed E-state index contributed by atoms with van der Waals surface area (Å²) in [7, 11) is 0. The van der Waals surface area contributed by atoms with Gasteiger partial charge in [0.15, 0.2) is 6.61 Å². The third-order valence-electron chi connectivity index (χ3n) is 6.55. The first-order chi connectivity index (χ1) is 18.9. The van der Waals surface area contributed by atoms with Crippen molar-refractivity contribution >= 4 is 60.6 Å². The molecule has 1 saturated carbocycles. The zero-order chi connectivity index (χ0) is 27.4. The van der Waals surface area contributed by atoms with Crippen molar-refractivity contribution in [1.29, 1.82) is 0 Å². The van der Waals surface area contributed by atoms with Gasteiger partial charge in [0, 0.05) is 16.1 Å². The van der Waals surface area contributed by atoms with Gasteiger partial charge in [0.25, 0.3) is 11.5 Å². The van der Waals surface area contributed by atoms with Crippen molar-refractivity contribution in [2.75, 3.05) is 11.9 Å². The Hall–Kier alpha value is -3.37. The number of halogens is 3. The van der Waals surface area contributed by atoms with Gasteiger partial charge in [0.2, 0.25) is 0 Å². The fourth-order valence-corrected chi connectivity index (χ4v) is 5.52. The first-order valence-electron chi connectivity index (χ1n) is 12.6. The average molecular weight is 656 g/mol. The van der Waals surface area contributed by atoms with E-state index >= 15 is 0 Å². The Labute approximate surface area is 241 Å². The zero-order valence-electron chi connectivity index (χ0n) is 20.9. The van der Waals surface area contributed by atoms with E-state index in [4.69, 9.17) is 9.72 Å². The molecule has 0 atom stereocenters. The van der Waals surface area contributed by atoms with Crippen LogP contribution in [0.1, 0.15) is 49.4 Å². The second-order valence-corrected chi connectivity index (χ2v) is 11.1. The Balaban J connectivity index is 1.35. The monoisotopic (exact) mass is 654 g/mol. The van der Waals surface area contributed by atoms with E-state index in [0.29, 0.717) is 32.6 Å². The van der Waals surface area contributed by atoms with Crippen LogP contribution in [0.3, 0.4) is 0 Å². The molecule has 0 bridgehead atoms. The molecule has 1 amide bonds. The smallest absolute Gasteiger partial charge is 0.282 e.